The smallest absolute Gasteiger partial charge is 0.240 e. The van der Waals surface area contributed by atoms with Gasteiger partial charge in [0.15, 0.2) is 0 Å². The molecule has 1 saturated heterocycles. The van der Waals surface area contributed by atoms with Gasteiger partial charge in [0, 0.05) is 24.6 Å². The highest BCUT2D eigenvalue weighted by molar-refractivity contribution is 5.29. The zero-order chi connectivity index (χ0) is 11.4. The van der Waals surface area contributed by atoms with Crippen molar-refractivity contribution in [3.8, 4) is 5.88 Å². The molecule has 6 heteroatoms. The first-order chi connectivity index (χ1) is 7.78. The number of hydrogen-bond acceptors (Lipinski definition) is 6. The number of nitrogens with zero attached hydrogens (tertiary/aromatic N) is 2. The lowest BCUT2D eigenvalue weighted by Crippen LogP contribution is -2.26. The molecule has 1 aromatic heterocycles. The first-order valence-corrected chi connectivity index (χ1v) is 5.34. The van der Waals surface area contributed by atoms with Gasteiger partial charge in [0.2, 0.25) is 11.8 Å². The van der Waals surface area contributed by atoms with Gasteiger partial charge in [0.05, 0.1) is 13.2 Å². The number of nitrogens with one attached hydrogen (secondary N) is 1. The van der Waals surface area contributed by atoms with E-state index in [1.807, 2.05) is 6.92 Å². The Kier molecular flexibility index (Phi) is 3.53. The Labute approximate surface area is 94.1 Å². The third-order valence-electron chi connectivity index (χ3n) is 2.42. The van der Waals surface area contributed by atoms with Crippen molar-refractivity contribution >= 4 is 5.95 Å². The normalized spacial score (nSPS) is 17.1. The van der Waals surface area contributed by atoms with Crippen molar-refractivity contribution in [3.63, 3.8) is 0 Å². The monoisotopic (exact) mass is 224 g/mol. The molecule has 3 N–H and O–H groups in total. The van der Waals surface area contributed by atoms with E-state index in [4.69, 9.17) is 15.3 Å². The average Bonchev–Trinajstić information content (AvgIpc) is 2.29. The highest BCUT2D eigenvalue weighted by atomic mass is 16.5. The fourth-order valence-electron chi connectivity index (χ4n) is 1.63. The van der Waals surface area contributed by atoms with Gasteiger partial charge >= 0.3 is 0 Å². The van der Waals surface area contributed by atoms with E-state index >= 15 is 0 Å². The van der Waals surface area contributed by atoms with Crippen molar-refractivity contribution in [2.24, 2.45) is 5.84 Å². The van der Waals surface area contributed by atoms with E-state index in [9.17, 15) is 0 Å². The van der Waals surface area contributed by atoms with Crippen LogP contribution in [0.4, 0.5) is 5.95 Å². The Morgan fingerprint density at radius 3 is 2.88 bits per heavy atom. The predicted molar refractivity (Wildman–Crippen MR) is 59.0 cm³/mol. The molecule has 88 valence electrons. The van der Waals surface area contributed by atoms with Crippen LogP contribution in [-0.2, 0) is 4.74 Å². The third kappa shape index (κ3) is 2.80. The third-order valence-corrected chi connectivity index (χ3v) is 2.42. The van der Waals surface area contributed by atoms with E-state index in [2.05, 4.69) is 15.4 Å². The molecule has 6 nitrogen and oxygen atoms in total. The minimum atomic E-state index is 0.175. The van der Waals surface area contributed by atoms with Crippen molar-refractivity contribution in [1.29, 1.82) is 0 Å². The molecule has 0 spiro atoms. The minimum Gasteiger partial charge on any atom is -0.474 e. The first-order valence-electron chi connectivity index (χ1n) is 5.34. The number of hydrazine groups is 1. The second-order valence-electron chi connectivity index (χ2n) is 3.75. The highest BCUT2D eigenvalue weighted by Crippen LogP contribution is 2.17. The summed E-state index contributed by atoms with van der Waals surface area (Å²) in [5, 5.41) is 0. The molecular weight excluding hydrogens is 208 g/mol. The van der Waals surface area contributed by atoms with Crippen LogP contribution in [-0.4, -0.2) is 29.3 Å². The SMILES string of the molecule is Cc1cc(OC2CCOCC2)nc(NN)n1. The van der Waals surface area contributed by atoms with E-state index < -0.39 is 0 Å². The zero-order valence-electron chi connectivity index (χ0n) is 9.27. The molecular formula is C10H16N4O2. The first kappa shape index (κ1) is 11.1. The van der Waals surface area contributed by atoms with Gasteiger partial charge in [0.1, 0.15) is 6.10 Å². The molecule has 0 saturated carbocycles. The van der Waals surface area contributed by atoms with E-state index in [1.165, 1.54) is 0 Å². The number of rotatable bonds is 3. The van der Waals surface area contributed by atoms with Gasteiger partial charge in [-0.05, 0) is 6.92 Å². The van der Waals surface area contributed by atoms with E-state index in [-0.39, 0.29) is 6.10 Å². The summed E-state index contributed by atoms with van der Waals surface area (Å²) in [5.74, 6) is 6.21. The van der Waals surface area contributed by atoms with Crippen molar-refractivity contribution in [1.82, 2.24) is 9.97 Å². The number of aryl methyl sites for hydroxylation is 1. The number of anilines is 1. The summed E-state index contributed by atoms with van der Waals surface area (Å²) in [6.45, 7) is 3.37. The maximum Gasteiger partial charge on any atom is 0.240 e. The van der Waals surface area contributed by atoms with Crippen LogP contribution in [0.15, 0.2) is 6.07 Å². The Morgan fingerprint density at radius 2 is 2.19 bits per heavy atom. The lowest BCUT2D eigenvalue weighted by atomic mass is 10.1. The molecule has 2 heterocycles. The van der Waals surface area contributed by atoms with Crippen LogP contribution >= 0.6 is 0 Å². The predicted octanol–water partition coefficient (Wildman–Crippen LogP) is 0.628. The molecule has 1 aliphatic rings. The second kappa shape index (κ2) is 5.09. The fourth-order valence-corrected chi connectivity index (χ4v) is 1.63. The number of aromatic nitrogens is 2. The molecule has 0 bridgehead atoms. The van der Waals surface area contributed by atoms with Gasteiger partial charge in [0.25, 0.3) is 0 Å². The quantitative estimate of drug-likeness (QED) is 0.579. The lowest BCUT2D eigenvalue weighted by Gasteiger charge is -2.22. The Hall–Kier alpha value is -1.40. The number of nitrogen functional groups attached to an aromatic ring is 1. The number of ether oxygens (including phenoxy) is 2. The molecule has 0 atom stereocenters. The van der Waals surface area contributed by atoms with Gasteiger partial charge in [-0.3, -0.25) is 5.43 Å². The van der Waals surface area contributed by atoms with Gasteiger partial charge < -0.3 is 9.47 Å². The van der Waals surface area contributed by atoms with Crippen molar-refractivity contribution < 1.29 is 9.47 Å². The minimum absolute atomic E-state index is 0.175. The van der Waals surface area contributed by atoms with Crippen LogP contribution in [0.3, 0.4) is 0 Å². The van der Waals surface area contributed by atoms with E-state index in [0.29, 0.717) is 11.8 Å². The molecule has 0 radical (unpaired) electrons. The lowest BCUT2D eigenvalue weighted by molar-refractivity contribution is 0.0237. The highest BCUT2D eigenvalue weighted by Gasteiger charge is 2.16. The maximum atomic E-state index is 5.75. The summed E-state index contributed by atoms with van der Waals surface area (Å²) in [6, 6.07) is 1.80. The zero-order valence-corrected chi connectivity index (χ0v) is 9.27. The fraction of sp³-hybridized carbons (Fsp3) is 0.600. The molecule has 1 aromatic rings. The molecule has 0 aromatic carbocycles. The average molecular weight is 224 g/mol. The molecule has 1 fully saturated rings. The van der Waals surface area contributed by atoms with E-state index in [0.717, 1.165) is 31.7 Å². The summed E-state index contributed by atoms with van der Waals surface area (Å²) >= 11 is 0. The second-order valence-corrected chi connectivity index (χ2v) is 3.75. The largest absolute Gasteiger partial charge is 0.474 e. The standard InChI is InChI=1S/C10H16N4O2/c1-7-6-9(13-10(12-7)14-11)16-8-2-4-15-5-3-8/h6,8H,2-5,11H2,1H3,(H,12,13,14). The van der Waals surface area contributed by atoms with Crippen molar-refractivity contribution in [2.75, 3.05) is 18.6 Å². The number of nitrogens with two attached hydrogens (primary N) is 1. The molecule has 0 amide bonds. The summed E-state index contributed by atoms with van der Waals surface area (Å²) in [5.41, 5.74) is 3.24. The van der Waals surface area contributed by atoms with Gasteiger partial charge in [-0.1, -0.05) is 0 Å². The van der Waals surface area contributed by atoms with Crippen LogP contribution < -0.4 is 16.0 Å². The summed E-state index contributed by atoms with van der Waals surface area (Å²) in [7, 11) is 0. The molecule has 1 aliphatic heterocycles. The van der Waals surface area contributed by atoms with Crippen molar-refractivity contribution in [2.45, 2.75) is 25.9 Å². The van der Waals surface area contributed by atoms with Crippen LogP contribution in [0.1, 0.15) is 18.5 Å². The molecule has 0 unspecified atom stereocenters. The Bertz CT molecular complexity index is 353. The van der Waals surface area contributed by atoms with Crippen LogP contribution in [0, 0.1) is 6.92 Å². The van der Waals surface area contributed by atoms with Crippen LogP contribution in [0.25, 0.3) is 0 Å². The summed E-state index contributed by atoms with van der Waals surface area (Å²) in [4.78, 5) is 8.23. The van der Waals surface area contributed by atoms with Gasteiger partial charge in [-0.15, -0.1) is 0 Å². The van der Waals surface area contributed by atoms with E-state index in [1.54, 1.807) is 6.07 Å². The van der Waals surface area contributed by atoms with Crippen LogP contribution in [0.5, 0.6) is 5.88 Å². The number of hydrogen-bond donors (Lipinski definition) is 2. The van der Waals surface area contributed by atoms with Crippen molar-refractivity contribution in [3.05, 3.63) is 11.8 Å². The molecule has 0 aliphatic carbocycles. The Morgan fingerprint density at radius 1 is 1.44 bits per heavy atom. The summed E-state index contributed by atoms with van der Waals surface area (Å²) in [6.07, 6.45) is 1.97. The molecule has 2 rings (SSSR count). The molecule has 16 heavy (non-hydrogen) atoms. The summed E-state index contributed by atoms with van der Waals surface area (Å²) < 4.78 is 11.0. The topological polar surface area (TPSA) is 82.3 Å². The van der Waals surface area contributed by atoms with Crippen LogP contribution in [0.2, 0.25) is 0 Å². The Balaban J connectivity index is 2.04. The van der Waals surface area contributed by atoms with Gasteiger partial charge in [-0.2, -0.15) is 4.98 Å². The maximum absolute atomic E-state index is 5.75. The van der Waals surface area contributed by atoms with Gasteiger partial charge in [-0.25, -0.2) is 10.8 Å².